The molecule has 0 atom stereocenters. The maximum absolute atomic E-state index is 12.7. The molecule has 8 heteroatoms. The van der Waals surface area contributed by atoms with Gasteiger partial charge in [-0.2, -0.15) is 13.2 Å². The van der Waals surface area contributed by atoms with Crippen molar-refractivity contribution in [3.8, 4) is 0 Å². The van der Waals surface area contributed by atoms with E-state index < -0.39 is 21.8 Å². The Hall–Kier alpha value is -1.29. The van der Waals surface area contributed by atoms with Crippen molar-refractivity contribution in [2.24, 2.45) is 0 Å². The number of anilines is 1. The molecule has 2 aromatic carbocycles. The van der Waals surface area contributed by atoms with E-state index in [0.717, 1.165) is 36.6 Å². The summed E-state index contributed by atoms with van der Waals surface area (Å²) in [4.78, 5) is 0.0872. The van der Waals surface area contributed by atoms with Crippen molar-refractivity contribution < 1.29 is 21.6 Å². The van der Waals surface area contributed by atoms with E-state index >= 15 is 0 Å². The van der Waals surface area contributed by atoms with Crippen molar-refractivity contribution in [3.63, 3.8) is 0 Å². The van der Waals surface area contributed by atoms with E-state index in [2.05, 4.69) is 4.72 Å². The van der Waals surface area contributed by atoms with Gasteiger partial charge in [0.15, 0.2) is 0 Å². The van der Waals surface area contributed by atoms with Crippen LogP contribution in [0.1, 0.15) is 24.5 Å². The molecular weight excluding hydrogens is 454 g/mol. The van der Waals surface area contributed by atoms with Gasteiger partial charge < -0.3 is 0 Å². The van der Waals surface area contributed by atoms with Crippen molar-refractivity contribution in [1.29, 1.82) is 0 Å². The predicted molar refractivity (Wildman–Crippen MR) is 95.4 cm³/mol. The largest absolute Gasteiger partial charge is 0.416 e. The molecule has 0 radical (unpaired) electrons. The van der Waals surface area contributed by atoms with E-state index in [1.165, 1.54) is 6.07 Å². The van der Waals surface area contributed by atoms with Crippen LogP contribution in [0.25, 0.3) is 0 Å². The second kappa shape index (κ2) is 7.30. The molecule has 2 aromatic rings. The smallest absolute Gasteiger partial charge is 0.279 e. The maximum Gasteiger partial charge on any atom is 0.416 e. The lowest BCUT2D eigenvalue weighted by molar-refractivity contribution is -0.137. The molecule has 0 unspecified atom stereocenters. The van der Waals surface area contributed by atoms with Gasteiger partial charge in [-0.3, -0.25) is 4.72 Å². The number of aryl methyl sites for hydroxylation is 1. The van der Waals surface area contributed by atoms with E-state index in [1.54, 1.807) is 34.7 Å². The fourth-order valence-corrected chi connectivity index (χ4v) is 4.12. The summed E-state index contributed by atoms with van der Waals surface area (Å²) in [6.45, 7) is 1.99. The topological polar surface area (TPSA) is 46.2 Å². The van der Waals surface area contributed by atoms with E-state index in [0.29, 0.717) is 0 Å². The first-order valence-electron chi connectivity index (χ1n) is 7.12. The fraction of sp³-hybridized carbons (Fsp3) is 0.250. The third kappa shape index (κ3) is 4.62. The molecular formula is C16H15F3INO2S. The summed E-state index contributed by atoms with van der Waals surface area (Å²) in [6, 6.07) is 9.40. The van der Waals surface area contributed by atoms with E-state index in [-0.39, 0.29) is 14.2 Å². The van der Waals surface area contributed by atoms with Crippen LogP contribution in [0.15, 0.2) is 47.4 Å². The Morgan fingerprint density at radius 2 is 1.83 bits per heavy atom. The zero-order valence-electron chi connectivity index (χ0n) is 12.7. The quantitative estimate of drug-likeness (QED) is 0.623. The summed E-state index contributed by atoms with van der Waals surface area (Å²) < 4.78 is 65.5. The summed E-state index contributed by atoms with van der Waals surface area (Å²) in [7, 11) is -3.86. The highest BCUT2D eigenvalue weighted by molar-refractivity contribution is 14.1. The number of nitrogens with one attached hydrogen (secondary N) is 1. The second-order valence-corrected chi connectivity index (χ2v) is 8.04. The van der Waals surface area contributed by atoms with Crippen LogP contribution in [0.2, 0.25) is 0 Å². The molecule has 0 saturated heterocycles. The van der Waals surface area contributed by atoms with Gasteiger partial charge in [0.25, 0.3) is 10.0 Å². The standard InChI is InChI=1S/C16H15F3INO2S/c1-2-4-11-5-3-6-13(9-11)24(22,23)21-15-8-7-12(10-14(15)20)16(17,18)19/h3,5-10,21H,2,4H2,1H3. The van der Waals surface area contributed by atoms with Gasteiger partial charge in [0.2, 0.25) is 0 Å². The van der Waals surface area contributed by atoms with E-state index in [1.807, 2.05) is 13.0 Å². The summed E-state index contributed by atoms with van der Waals surface area (Å²) in [6.07, 6.45) is -2.83. The van der Waals surface area contributed by atoms with Crippen LogP contribution in [0.4, 0.5) is 18.9 Å². The summed E-state index contributed by atoms with van der Waals surface area (Å²) in [5.74, 6) is 0. The molecule has 3 nitrogen and oxygen atoms in total. The Balaban J connectivity index is 2.31. The molecule has 0 aromatic heterocycles. The SMILES string of the molecule is CCCc1cccc(S(=O)(=O)Nc2ccc(C(F)(F)F)cc2I)c1. The molecule has 130 valence electrons. The highest BCUT2D eigenvalue weighted by atomic mass is 127. The zero-order chi connectivity index (χ0) is 18.0. The van der Waals surface area contributed by atoms with Crippen molar-refractivity contribution in [1.82, 2.24) is 0 Å². The molecule has 2 rings (SSSR count). The van der Waals surface area contributed by atoms with Crippen LogP contribution in [0.5, 0.6) is 0 Å². The molecule has 24 heavy (non-hydrogen) atoms. The monoisotopic (exact) mass is 469 g/mol. The van der Waals surface area contributed by atoms with Crippen LogP contribution < -0.4 is 4.72 Å². The summed E-state index contributed by atoms with van der Waals surface area (Å²) in [5.41, 5.74) is 0.187. The fourth-order valence-electron chi connectivity index (χ4n) is 2.13. The number of alkyl halides is 3. The highest BCUT2D eigenvalue weighted by Crippen LogP contribution is 2.33. The maximum atomic E-state index is 12.7. The van der Waals surface area contributed by atoms with Gasteiger partial charge in [0, 0.05) is 3.57 Å². The van der Waals surface area contributed by atoms with E-state index in [9.17, 15) is 21.6 Å². The Kier molecular flexibility index (Phi) is 5.79. The van der Waals surface area contributed by atoms with Crippen LogP contribution in [0, 0.1) is 3.57 Å². The molecule has 0 spiro atoms. The van der Waals surface area contributed by atoms with Gasteiger partial charge in [0.1, 0.15) is 0 Å². The van der Waals surface area contributed by atoms with Crippen molar-refractivity contribution in [3.05, 3.63) is 57.2 Å². The van der Waals surface area contributed by atoms with Crippen molar-refractivity contribution in [2.45, 2.75) is 30.8 Å². The van der Waals surface area contributed by atoms with Gasteiger partial charge in [-0.25, -0.2) is 8.42 Å². The minimum Gasteiger partial charge on any atom is -0.279 e. The van der Waals surface area contributed by atoms with Gasteiger partial charge in [-0.05, 0) is 64.9 Å². The predicted octanol–water partition coefficient (Wildman–Crippen LogP) is 5.06. The van der Waals surface area contributed by atoms with Gasteiger partial charge in [-0.15, -0.1) is 0 Å². The molecule has 0 fully saturated rings. The molecule has 0 aliphatic heterocycles. The molecule has 0 amide bonds. The van der Waals surface area contributed by atoms with Gasteiger partial charge in [0.05, 0.1) is 16.1 Å². The van der Waals surface area contributed by atoms with Crippen LogP contribution in [-0.2, 0) is 22.6 Å². The number of benzene rings is 2. The summed E-state index contributed by atoms with van der Waals surface area (Å²) in [5, 5.41) is 0. The third-order valence-corrected chi connectivity index (χ3v) is 5.54. The van der Waals surface area contributed by atoms with Crippen molar-refractivity contribution in [2.75, 3.05) is 4.72 Å². The molecule has 0 heterocycles. The average Bonchev–Trinajstić information content (AvgIpc) is 2.49. The van der Waals surface area contributed by atoms with Crippen molar-refractivity contribution >= 4 is 38.3 Å². The van der Waals surface area contributed by atoms with Gasteiger partial charge >= 0.3 is 6.18 Å². The number of rotatable bonds is 5. The minimum atomic E-state index is -4.47. The Bertz CT molecular complexity index is 835. The van der Waals surface area contributed by atoms with Crippen LogP contribution >= 0.6 is 22.6 Å². The first-order valence-corrected chi connectivity index (χ1v) is 9.68. The number of halogens is 4. The van der Waals surface area contributed by atoms with E-state index in [4.69, 9.17) is 0 Å². The Morgan fingerprint density at radius 3 is 2.42 bits per heavy atom. The van der Waals surface area contributed by atoms with Gasteiger partial charge in [-0.1, -0.05) is 25.5 Å². The number of hydrogen-bond acceptors (Lipinski definition) is 2. The minimum absolute atomic E-state index is 0.0872. The first kappa shape index (κ1) is 19.0. The molecule has 1 N–H and O–H groups in total. The third-order valence-electron chi connectivity index (χ3n) is 3.29. The number of hydrogen-bond donors (Lipinski definition) is 1. The lowest BCUT2D eigenvalue weighted by atomic mass is 10.1. The van der Waals surface area contributed by atoms with Crippen LogP contribution in [-0.4, -0.2) is 8.42 Å². The lowest BCUT2D eigenvalue weighted by Gasteiger charge is -2.13. The highest BCUT2D eigenvalue weighted by Gasteiger charge is 2.31. The lowest BCUT2D eigenvalue weighted by Crippen LogP contribution is -2.15. The summed E-state index contributed by atoms with van der Waals surface area (Å²) >= 11 is 1.68. The molecule has 0 aliphatic carbocycles. The molecule has 0 bridgehead atoms. The second-order valence-electron chi connectivity index (χ2n) is 5.20. The normalized spacial score (nSPS) is 12.2. The van der Waals surface area contributed by atoms with Crippen LogP contribution in [0.3, 0.4) is 0 Å². The first-order chi connectivity index (χ1) is 11.1. The number of sulfonamides is 1. The molecule has 0 aliphatic rings. The molecule has 0 saturated carbocycles. The average molecular weight is 469 g/mol. The zero-order valence-corrected chi connectivity index (χ0v) is 15.7. The Morgan fingerprint density at radius 1 is 1.12 bits per heavy atom. The Labute approximate surface area is 152 Å².